The van der Waals surface area contributed by atoms with Crippen LogP contribution in [0.3, 0.4) is 0 Å². The van der Waals surface area contributed by atoms with Gasteiger partial charge in [0.25, 0.3) is 0 Å². The lowest BCUT2D eigenvalue weighted by atomic mass is 9.81. The van der Waals surface area contributed by atoms with Gasteiger partial charge in [-0.3, -0.25) is 24.1 Å². The number of nitrogens with one attached hydrogen (secondary N) is 2. The molecule has 2 rings (SSSR count). The first-order valence-corrected chi connectivity index (χ1v) is 8.88. The van der Waals surface area contributed by atoms with Crippen LogP contribution in [0.2, 0.25) is 0 Å². The van der Waals surface area contributed by atoms with Crippen LogP contribution in [0.25, 0.3) is 0 Å². The topological polar surface area (TPSA) is 95.6 Å². The van der Waals surface area contributed by atoms with E-state index in [4.69, 9.17) is 0 Å². The lowest BCUT2D eigenvalue weighted by Crippen LogP contribution is -2.40. The molecule has 0 atom stereocenters. The minimum atomic E-state index is -0.0611. The van der Waals surface area contributed by atoms with Gasteiger partial charge in [0.1, 0.15) is 0 Å². The highest BCUT2D eigenvalue weighted by molar-refractivity contribution is 6.01. The molecular formula is C17H27N3O4. The highest BCUT2D eigenvalue weighted by Crippen LogP contribution is 2.30. The van der Waals surface area contributed by atoms with Crippen LogP contribution < -0.4 is 10.6 Å². The van der Waals surface area contributed by atoms with E-state index in [0.29, 0.717) is 44.8 Å². The Morgan fingerprint density at radius 3 is 2.17 bits per heavy atom. The third-order valence-electron chi connectivity index (χ3n) is 4.88. The van der Waals surface area contributed by atoms with Crippen molar-refractivity contribution in [2.24, 2.45) is 11.8 Å². The average molecular weight is 337 g/mol. The number of carbonyl (C=O) groups is 4. The van der Waals surface area contributed by atoms with Crippen molar-refractivity contribution in [1.29, 1.82) is 0 Å². The zero-order chi connectivity index (χ0) is 17.5. The lowest BCUT2D eigenvalue weighted by Gasteiger charge is -2.30. The number of carbonyl (C=O) groups excluding carboxylic acids is 4. The molecule has 1 saturated carbocycles. The van der Waals surface area contributed by atoms with E-state index in [2.05, 4.69) is 10.6 Å². The van der Waals surface area contributed by atoms with E-state index < -0.39 is 0 Å². The zero-order valence-electron chi connectivity index (χ0n) is 14.3. The SMILES string of the molecule is CCC(=O)NCCNC(=O)C1CCC(CN2C(=O)CCC2=O)CC1. The van der Waals surface area contributed by atoms with E-state index in [1.807, 2.05) is 0 Å². The molecule has 0 bridgehead atoms. The zero-order valence-corrected chi connectivity index (χ0v) is 14.3. The molecule has 7 heteroatoms. The van der Waals surface area contributed by atoms with Crippen LogP contribution in [0.4, 0.5) is 0 Å². The van der Waals surface area contributed by atoms with Crippen molar-refractivity contribution in [2.45, 2.75) is 51.9 Å². The first kappa shape index (κ1) is 18.4. The van der Waals surface area contributed by atoms with Crippen LogP contribution in [0, 0.1) is 11.8 Å². The summed E-state index contributed by atoms with van der Waals surface area (Å²) in [7, 11) is 0. The summed E-state index contributed by atoms with van der Waals surface area (Å²) in [6.07, 6.45) is 4.42. The maximum Gasteiger partial charge on any atom is 0.229 e. The molecule has 0 aromatic carbocycles. The summed E-state index contributed by atoms with van der Waals surface area (Å²) >= 11 is 0. The Balaban J connectivity index is 1.65. The number of imide groups is 1. The van der Waals surface area contributed by atoms with Crippen molar-refractivity contribution < 1.29 is 19.2 Å². The third-order valence-corrected chi connectivity index (χ3v) is 4.88. The molecule has 7 nitrogen and oxygen atoms in total. The Morgan fingerprint density at radius 1 is 1.00 bits per heavy atom. The molecular weight excluding hydrogens is 310 g/mol. The molecule has 0 unspecified atom stereocenters. The van der Waals surface area contributed by atoms with Crippen LogP contribution in [0.5, 0.6) is 0 Å². The van der Waals surface area contributed by atoms with Crippen molar-refractivity contribution in [3.05, 3.63) is 0 Å². The second-order valence-corrected chi connectivity index (χ2v) is 6.61. The summed E-state index contributed by atoms with van der Waals surface area (Å²) in [6.45, 7) is 3.19. The average Bonchev–Trinajstić information content (AvgIpc) is 2.90. The van der Waals surface area contributed by atoms with Gasteiger partial charge in [0.15, 0.2) is 0 Å². The molecule has 1 aliphatic heterocycles. The largest absolute Gasteiger partial charge is 0.354 e. The molecule has 2 N–H and O–H groups in total. The highest BCUT2D eigenvalue weighted by atomic mass is 16.2. The fourth-order valence-electron chi connectivity index (χ4n) is 3.35. The van der Waals surface area contributed by atoms with Gasteiger partial charge < -0.3 is 10.6 Å². The predicted octanol–water partition coefficient (Wildman–Crippen LogP) is 0.584. The quantitative estimate of drug-likeness (QED) is 0.525. The predicted molar refractivity (Wildman–Crippen MR) is 87.7 cm³/mol. The summed E-state index contributed by atoms with van der Waals surface area (Å²) in [6, 6.07) is 0. The van der Waals surface area contributed by atoms with Crippen LogP contribution >= 0.6 is 0 Å². The molecule has 1 heterocycles. The molecule has 0 radical (unpaired) electrons. The van der Waals surface area contributed by atoms with Crippen LogP contribution in [0.15, 0.2) is 0 Å². The smallest absolute Gasteiger partial charge is 0.229 e. The summed E-state index contributed by atoms with van der Waals surface area (Å²) in [5, 5.41) is 5.58. The van der Waals surface area contributed by atoms with Crippen molar-refractivity contribution in [3.63, 3.8) is 0 Å². The Bertz CT molecular complexity index is 482. The van der Waals surface area contributed by atoms with Gasteiger partial charge in [-0.1, -0.05) is 6.92 Å². The summed E-state index contributed by atoms with van der Waals surface area (Å²) in [4.78, 5) is 47.9. The molecule has 2 fully saturated rings. The monoisotopic (exact) mass is 337 g/mol. The molecule has 1 aliphatic carbocycles. The van der Waals surface area contributed by atoms with Crippen molar-refractivity contribution in [2.75, 3.05) is 19.6 Å². The molecule has 134 valence electrons. The van der Waals surface area contributed by atoms with E-state index in [-0.39, 0.29) is 29.5 Å². The van der Waals surface area contributed by atoms with Crippen molar-refractivity contribution >= 4 is 23.6 Å². The molecule has 2 aliphatic rings. The van der Waals surface area contributed by atoms with Gasteiger partial charge in [-0.05, 0) is 31.6 Å². The maximum absolute atomic E-state index is 12.1. The first-order valence-electron chi connectivity index (χ1n) is 8.88. The van der Waals surface area contributed by atoms with E-state index in [0.717, 1.165) is 25.7 Å². The fraction of sp³-hybridized carbons (Fsp3) is 0.765. The van der Waals surface area contributed by atoms with E-state index in [1.54, 1.807) is 6.92 Å². The van der Waals surface area contributed by atoms with Crippen molar-refractivity contribution in [1.82, 2.24) is 15.5 Å². The summed E-state index contributed by atoms with van der Waals surface area (Å²) < 4.78 is 0. The lowest BCUT2D eigenvalue weighted by molar-refractivity contribution is -0.139. The number of hydrogen-bond acceptors (Lipinski definition) is 4. The minimum absolute atomic E-state index is 0.00638. The third kappa shape index (κ3) is 5.04. The molecule has 0 spiro atoms. The van der Waals surface area contributed by atoms with Gasteiger partial charge in [-0.25, -0.2) is 0 Å². The van der Waals surface area contributed by atoms with Gasteiger partial charge in [0.2, 0.25) is 23.6 Å². The molecule has 0 aromatic rings. The van der Waals surface area contributed by atoms with Gasteiger partial charge in [0, 0.05) is 44.8 Å². The highest BCUT2D eigenvalue weighted by Gasteiger charge is 2.33. The normalized spacial score (nSPS) is 24.1. The summed E-state index contributed by atoms with van der Waals surface area (Å²) in [5.41, 5.74) is 0. The van der Waals surface area contributed by atoms with Crippen LogP contribution in [-0.2, 0) is 19.2 Å². The Kier molecular flexibility index (Phi) is 6.75. The molecule has 0 aromatic heterocycles. The van der Waals surface area contributed by atoms with Gasteiger partial charge in [-0.15, -0.1) is 0 Å². The number of hydrogen-bond donors (Lipinski definition) is 2. The number of likely N-dealkylation sites (tertiary alicyclic amines) is 1. The van der Waals surface area contributed by atoms with Crippen LogP contribution in [-0.4, -0.2) is 48.2 Å². The van der Waals surface area contributed by atoms with Crippen LogP contribution in [0.1, 0.15) is 51.9 Å². The van der Waals surface area contributed by atoms with E-state index in [9.17, 15) is 19.2 Å². The second kappa shape index (κ2) is 8.80. The Hall–Kier alpha value is -1.92. The second-order valence-electron chi connectivity index (χ2n) is 6.61. The number of amides is 4. The Labute approximate surface area is 142 Å². The van der Waals surface area contributed by atoms with Gasteiger partial charge >= 0.3 is 0 Å². The van der Waals surface area contributed by atoms with Gasteiger partial charge in [-0.2, -0.15) is 0 Å². The molecule has 4 amide bonds. The summed E-state index contributed by atoms with van der Waals surface area (Å²) in [5.74, 6) is 0.197. The van der Waals surface area contributed by atoms with E-state index >= 15 is 0 Å². The number of rotatable bonds is 7. The molecule has 1 saturated heterocycles. The maximum atomic E-state index is 12.1. The minimum Gasteiger partial charge on any atom is -0.354 e. The standard InChI is InChI=1S/C17H27N3O4/c1-2-14(21)18-9-10-19-17(24)13-5-3-12(4-6-13)11-20-15(22)7-8-16(20)23/h12-13H,2-11H2,1H3,(H,18,21)(H,19,24). The van der Waals surface area contributed by atoms with Gasteiger partial charge in [0.05, 0.1) is 0 Å². The van der Waals surface area contributed by atoms with Crippen molar-refractivity contribution in [3.8, 4) is 0 Å². The fourth-order valence-corrected chi connectivity index (χ4v) is 3.35. The first-order chi connectivity index (χ1) is 11.5. The Morgan fingerprint density at radius 2 is 1.58 bits per heavy atom. The number of nitrogens with zero attached hydrogens (tertiary/aromatic N) is 1. The molecule has 24 heavy (non-hydrogen) atoms. The van der Waals surface area contributed by atoms with E-state index in [1.165, 1.54) is 4.90 Å².